The van der Waals surface area contributed by atoms with Crippen LogP contribution in [-0.4, -0.2) is 36.9 Å². The number of hydrogen-bond acceptors (Lipinski definition) is 3. The molecule has 0 spiro atoms. The molecule has 142 valence electrons. The van der Waals surface area contributed by atoms with Gasteiger partial charge in [-0.25, -0.2) is 8.78 Å². The monoisotopic (exact) mass is 374 g/mol. The Morgan fingerprint density at radius 3 is 2.74 bits per heavy atom. The molecule has 2 atom stereocenters. The van der Waals surface area contributed by atoms with Crippen molar-refractivity contribution < 1.29 is 23.1 Å². The minimum atomic E-state index is -1.15. The first kappa shape index (κ1) is 18.8. The zero-order valence-corrected chi connectivity index (χ0v) is 15.0. The van der Waals surface area contributed by atoms with Gasteiger partial charge >= 0.3 is 0 Å². The molecule has 2 aromatic carbocycles. The summed E-state index contributed by atoms with van der Waals surface area (Å²) >= 11 is 0. The van der Waals surface area contributed by atoms with Gasteiger partial charge < -0.3 is 15.0 Å². The molecule has 0 aromatic heterocycles. The molecule has 0 unspecified atom stereocenters. The van der Waals surface area contributed by atoms with Crippen LogP contribution in [0.2, 0.25) is 0 Å². The van der Waals surface area contributed by atoms with E-state index in [4.69, 9.17) is 4.74 Å². The third-order valence-electron chi connectivity index (χ3n) is 4.60. The third-order valence-corrected chi connectivity index (χ3v) is 4.60. The fourth-order valence-electron chi connectivity index (χ4n) is 3.31. The van der Waals surface area contributed by atoms with Crippen molar-refractivity contribution in [2.24, 2.45) is 5.92 Å². The average molecular weight is 374 g/mol. The number of likely N-dealkylation sites (N-methyl/N-ethyl adjacent to an activating group) is 1. The number of halogens is 2. The van der Waals surface area contributed by atoms with Crippen LogP contribution < -0.4 is 10.1 Å². The highest BCUT2D eigenvalue weighted by molar-refractivity contribution is 6.08. The lowest BCUT2D eigenvalue weighted by molar-refractivity contribution is -0.135. The first-order chi connectivity index (χ1) is 12.9. The van der Waals surface area contributed by atoms with Gasteiger partial charge in [0.25, 0.3) is 0 Å². The van der Waals surface area contributed by atoms with Gasteiger partial charge in [-0.05, 0) is 36.8 Å². The van der Waals surface area contributed by atoms with Crippen molar-refractivity contribution >= 4 is 17.5 Å². The molecule has 1 N–H and O–H groups in total. The van der Waals surface area contributed by atoms with Crippen molar-refractivity contribution in [3.05, 3.63) is 59.7 Å². The Bertz CT molecular complexity index is 872. The van der Waals surface area contributed by atoms with E-state index in [1.807, 2.05) is 13.0 Å². The van der Waals surface area contributed by atoms with Gasteiger partial charge in [-0.3, -0.25) is 9.59 Å². The molecular formula is C20H20F2N2O3. The second-order valence-electron chi connectivity index (χ2n) is 6.40. The summed E-state index contributed by atoms with van der Waals surface area (Å²) in [6, 6.07) is 10.7. The minimum Gasteiger partial charge on any atom is -0.494 e. The Hall–Kier alpha value is -2.96. The lowest BCUT2D eigenvalue weighted by Gasteiger charge is -2.18. The van der Waals surface area contributed by atoms with Crippen LogP contribution >= 0.6 is 0 Å². The fraction of sp³-hybridized carbons (Fsp3) is 0.300. The molecular weight excluding hydrogens is 354 g/mol. The van der Waals surface area contributed by atoms with Crippen LogP contribution in [0, 0.1) is 17.6 Å². The maximum Gasteiger partial charge on any atom is 0.237 e. The Labute approximate surface area is 155 Å². The molecule has 1 aliphatic heterocycles. The quantitative estimate of drug-likeness (QED) is 0.818. The number of amides is 2. The van der Waals surface area contributed by atoms with E-state index in [1.54, 1.807) is 25.2 Å². The molecule has 0 radical (unpaired) electrons. The molecule has 5 nitrogen and oxygen atoms in total. The van der Waals surface area contributed by atoms with Gasteiger partial charge in [0, 0.05) is 19.5 Å². The number of rotatable bonds is 5. The zero-order valence-electron chi connectivity index (χ0n) is 15.0. The maximum absolute atomic E-state index is 13.9. The predicted octanol–water partition coefficient (Wildman–Crippen LogP) is 3.17. The van der Waals surface area contributed by atoms with Crippen LogP contribution in [0.1, 0.15) is 18.4 Å². The molecule has 0 saturated carbocycles. The largest absolute Gasteiger partial charge is 0.494 e. The second kappa shape index (κ2) is 7.73. The second-order valence-corrected chi connectivity index (χ2v) is 6.40. The summed E-state index contributed by atoms with van der Waals surface area (Å²) in [7, 11) is 1.61. The highest BCUT2D eigenvalue weighted by atomic mass is 19.2. The van der Waals surface area contributed by atoms with E-state index in [1.165, 1.54) is 17.0 Å². The van der Waals surface area contributed by atoms with Gasteiger partial charge in [-0.2, -0.15) is 0 Å². The Balaban J connectivity index is 1.89. The van der Waals surface area contributed by atoms with Crippen molar-refractivity contribution in [3.63, 3.8) is 0 Å². The van der Waals surface area contributed by atoms with Crippen molar-refractivity contribution in [1.82, 2.24) is 4.90 Å². The Kier molecular flexibility index (Phi) is 5.39. The molecule has 1 aliphatic rings. The summed E-state index contributed by atoms with van der Waals surface area (Å²) < 4.78 is 32.8. The van der Waals surface area contributed by atoms with Crippen LogP contribution in [0.25, 0.3) is 0 Å². The molecule has 1 saturated heterocycles. The number of hydrogen-bond donors (Lipinski definition) is 1. The molecule has 2 amide bonds. The molecule has 7 heteroatoms. The normalized spacial score (nSPS) is 19.3. The van der Waals surface area contributed by atoms with Gasteiger partial charge in [0.05, 0.1) is 12.3 Å². The maximum atomic E-state index is 13.9. The van der Waals surface area contributed by atoms with Crippen molar-refractivity contribution in [1.29, 1.82) is 0 Å². The van der Waals surface area contributed by atoms with Gasteiger partial charge in [0.15, 0.2) is 11.6 Å². The molecule has 0 aliphatic carbocycles. The van der Waals surface area contributed by atoms with Gasteiger partial charge in [0.1, 0.15) is 11.7 Å². The highest BCUT2D eigenvalue weighted by Crippen LogP contribution is 2.35. The van der Waals surface area contributed by atoms with Crippen LogP contribution in [0.3, 0.4) is 0 Å². The minimum absolute atomic E-state index is 0.288. The molecule has 27 heavy (non-hydrogen) atoms. The van der Waals surface area contributed by atoms with Gasteiger partial charge in [-0.15, -0.1) is 0 Å². The summed E-state index contributed by atoms with van der Waals surface area (Å²) in [5.41, 5.74) is 0.489. The average Bonchev–Trinajstić information content (AvgIpc) is 2.95. The number of likely N-dealkylation sites (tertiary alicyclic amines) is 1. The third kappa shape index (κ3) is 3.77. The number of anilines is 1. The smallest absolute Gasteiger partial charge is 0.237 e. The fourth-order valence-corrected chi connectivity index (χ4v) is 3.31. The standard InChI is InChI=1S/C20H20F2N2O3/c1-3-27-13-7-4-6-12(10-13)14-11-24(2)20(26)17(14)19(25)23-16-9-5-8-15(21)18(16)22/h4-10,14,17H,3,11H2,1-2H3,(H,23,25)/t14-,17+/m1/s1. The summed E-state index contributed by atoms with van der Waals surface area (Å²) in [5, 5.41) is 2.35. The van der Waals surface area contributed by atoms with E-state index in [0.717, 1.165) is 11.6 Å². The highest BCUT2D eigenvalue weighted by Gasteiger charge is 2.44. The SMILES string of the molecule is CCOc1cccc([C@H]2CN(C)C(=O)[C@@H]2C(=O)Nc2cccc(F)c2F)c1. The van der Waals surface area contributed by atoms with Crippen LogP contribution in [0.5, 0.6) is 5.75 Å². The predicted molar refractivity (Wildman–Crippen MR) is 96.5 cm³/mol. The Morgan fingerprint density at radius 1 is 1.26 bits per heavy atom. The molecule has 2 aromatic rings. The van der Waals surface area contributed by atoms with E-state index in [-0.39, 0.29) is 11.6 Å². The lowest BCUT2D eigenvalue weighted by atomic mass is 9.87. The first-order valence-corrected chi connectivity index (χ1v) is 8.65. The topological polar surface area (TPSA) is 58.6 Å². The van der Waals surface area contributed by atoms with E-state index < -0.39 is 29.4 Å². The number of carbonyl (C=O) groups is 2. The first-order valence-electron chi connectivity index (χ1n) is 8.65. The zero-order chi connectivity index (χ0) is 19.6. The van der Waals surface area contributed by atoms with Gasteiger partial charge in [-0.1, -0.05) is 18.2 Å². The molecule has 1 heterocycles. The summed E-state index contributed by atoms with van der Waals surface area (Å²) in [6.07, 6.45) is 0. The van der Waals surface area contributed by atoms with Crippen molar-refractivity contribution in [2.45, 2.75) is 12.8 Å². The van der Waals surface area contributed by atoms with Crippen LogP contribution in [0.4, 0.5) is 14.5 Å². The lowest BCUT2D eigenvalue weighted by Crippen LogP contribution is -2.33. The number of benzene rings is 2. The summed E-state index contributed by atoms with van der Waals surface area (Å²) in [5.74, 6) is -4.05. The number of nitrogens with zero attached hydrogens (tertiary/aromatic N) is 1. The van der Waals surface area contributed by atoms with E-state index in [0.29, 0.717) is 18.9 Å². The van der Waals surface area contributed by atoms with Crippen LogP contribution in [0.15, 0.2) is 42.5 Å². The number of ether oxygens (including phenoxy) is 1. The van der Waals surface area contributed by atoms with Crippen molar-refractivity contribution in [3.8, 4) is 5.75 Å². The summed E-state index contributed by atoms with van der Waals surface area (Å²) in [4.78, 5) is 26.8. The molecule has 3 rings (SSSR count). The van der Waals surface area contributed by atoms with E-state index in [9.17, 15) is 18.4 Å². The Morgan fingerprint density at radius 2 is 2.00 bits per heavy atom. The van der Waals surface area contributed by atoms with E-state index in [2.05, 4.69) is 5.32 Å². The molecule has 1 fully saturated rings. The van der Waals surface area contributed by atoms with E-state index >= 15 is 0 Å². The van der Waals surface area contributed by atoms with Crippen molar-refractivity contribution in [2.75, 3.05) is 25.5 Å². The molecule has 0 bridgehead atoms. The number of carbonyl (C=O) groups excluding carboxylic acids is 2. The number of nitrogens with one attached hydrogen (secondary N) is 1. The van der Waals surface area contributed by atoms with Gasteiger partial charge in [0.2, 0.25) is 11.8 Å². The summed E-state index contributed by atoms with van der Waals surface area (Å²) in [6.45, 7) is 2.71. The van der Waals surface area contributed by atoms with Crippen LogP contribution in [-0.2, 0) is 9.59 Å².